The van der Waals surface area contributed by atoms with Crippen LogP contribution >= 0.6 is 0 Å². The highest BCUT2D eigenvalue weighted by Gasteiger charge is 2.57. The minimum atomic E-state index is -1.61. The van der Waals surface area contributed by atoms with Gasteiger partial charge in [0, 0.05) is 18.4 Å². The van der Waals surface area contributed by atoms with E-state index in [1.807, 2.05) is 6.92 Å². The van der Waals surface area contributed by atoms with E-state index in [-0.39, 0.29) is 30.8 Å². The zero-order valence-corrected chi connectivity index (χ0v) is 24.2. The Morgan fingerprint density at radius 3 is 2.77 bits per heavy atom. The van der Waals surface area contributed by atoms with Gasteiger partial charge in [0.05, 0.1) is 12.3 Å². The molecule has 3 aliphatic rings. The molecule has 0 radical (unpaired) electrons. The van der Waals surface area contributed by atoms with Crippen LogP contribution in [-0.2, 0) is 14.3 Å². The molecule has 1 aromatic rings. The average Bonchev–Trinajstić information content (AvgIpc) is 2.92. The first-order chi connectivity index (χ1) is 18.8. The van der Waals surface area contributed by atoms with Crippen LogP contribution in [0.25, 0.3) is 0 Å². The Morgan fingerprint density at radius 1 is 1.38 bits per heavy atom. The maximum atomic E-state index is 15.0. The molecule has 40 heavy (non-hydrogen) atoms. The molecule has 1 aliphatic heterocycles. The Bertz CT molecular complexity index is 1170. The SMILES string of the molecule is C=C[C@@H]1C[C@@H](OC(=O)COc2ccc3c(c2)B(O)N(C)N=C3)[C@@]2(C)C[C@](C[C@H](F)C(C)=O)(CC[C@H]2C)[C@@H](C)[C@@H]1O. The second-order valence-electron chi connectivity index (χ2n) is 12.4. The Labute approximate surface area is 236 Å². The number of rotatable bonds is 8. The molecule has 10 heteroatoms. The van der Waals surface area contributed by atoms with Crippen molar-refractivity contribution in [1.29, 1.82) is 0 Å². The summed E-state index contributed by atoms with van der Waals surface area (Å²) in [5.41, 5.74) is 0.271. The lowest BCUT2D eigenvalue weighted by Crippen LogP contribution is -2.56. The number of aliphatic hydroxyl groups excluding tert-OH is 1. The Kier molecular flexibility index (Phi) is 8.81. The van der Waals surface area contributed by atoms with E-state index < -0.39 is 48.0 Å². The molecule has 1 heterocycles. The smallest absolute Gasteiger partial charge is 0.466 e. The third kappa shape index (κ3) is 5.70. The molecule has 0 spiro atoms. The van der Waals surface area contributed by atoms with E-state index in [0.717, 1.165) is 12.0 Å². The summed E-state index contributed by atoms with van der Waals surface area (Å²) >= 11 is 0. The van der Waals surface area contributed by atoms with Crippen molar-refractivity contribution < 1.29 is 33.6 Å². The van der Waals surface area contributed by atoms with Gasteiger partial charge in [0.2, 0.25) is 0 Å². The lowest BCUT2D eigenvalue weighted by atomic mass is 9.48. The number of nitrogens with zero attached hydrogens (tertiary/aromatic N) is 2. The molecule has 8 atom stereocenters. The van der Waals surface area contributed by atoms with E-state index in [1.165, 1.54) is 11.8 Å². The number of fused-ring (bicyclic) bond motifs is 3. The van der Waals surface area contributed by atoms with Gasteiger partial charge in [-0.05, 0) is 79.4 Å². The van der Waals surface area contributed by atoms with Crippen LogP contribution in [0.1, 0.15) is 65.4 Å². The van der Waals surface area contributed by atoms with E-state index in [2.05, 4.69) is 25.5 Å². The van der Waals surface area contributed by atoms with Crippen molar-refractivity contribution in [3.8, 4) is 5.75 Å². The zero-order chi connectivity index (χ0) is 29.4. The third-order valence-electron chi connectivity index (χ3n) is 10.1. The topological polar surface area (TPSA) is 109 Å². The molecule has 2 bridgehead atoms. The highest BCUT2D eigenvalue weighted by molar-refractivity contribution is 6.65. The van der Waals surface area contributed by atoms with Crippen LogP contribution in [-0.4, -0.2) is 72.1 Å². The molecule has 0 amide bonds. The predicted octanol–water partition coefficient (Wildman–Crippen LogP) is 3.28. The van der Waals surface area contributed by atoms with Gasteiger partial charge in [0.1, 0.15) is 11.9 Å². The Hall–Kier alpha value is -2.72. The first kappa shape index (κ1) is 30.2. The van der Waals surface area contributed by atoms with E-state index in [9.17, 15) is 24.1 Å². The minimum absolute atomic E-state index is 0.0422. The number of aliphatic hydroxyl groups is 1. The zero-order valence-electron chi connectivity index (χ0n) is 24.2. The number of ether oxygens (including phenoxy) is 2. The van der Waals surface area contributed by atoms with Crippen LogP contribution < -0.4 is 10.2 Å². The van der Waals surface area contributed by atoms with Crippen LogP contribution in [0.3, 0.4) is 0 Å². The van der Waals surface area contributed by atoms with Crippen LogP contribution in [0.2, 0.25) is 0 Å². The van der Waals surface area contributed by atoms with E-state index >= 15 is 0 Å². The summed E-state index contributed by atoms with van der Waals surface area (Å²) in [4.78, 5) is 26.5. The molecule has 2 N–H and O–H groups in total. The highest BCUT2D eigenvalue weighted by atomic mass is 19.1. The maximum Gasteiger partial charge on any atom is 0.466 e. The predicted molar refractivity (Wildman–Crippen MR) is 152 cm³/mol. The second-order valence-corrected chi connectivity index (χ2v) is 12.4. The van der Waals surface area contributed by atoms with Crippen LogP contribution in [0.5, 0.6) is 5.75 Å². The third-order valence-corrected chi connectivity index (χ3v) is 10.1. The summed E-state index contributed by atoms with van der Waals surface area (Å²) in [6, 6.07) is 5.15. The monoisotopic (exact) mass is 556 g/mol. The number of ketones is 1. The summed E-state index contributed by atoms with van der Waals surface area (Å²) in [7, 11) is 0.739. The van der Waals surface area contributed by atoms with Crippen molar-refractivity contribution >= 4 is 30.5 Å². The van der Waals surface area contributed by atoms with Gasteiger partial charge in [-0.1, -0.05) is 32.9 Å². The van der Waals surface area contributed by atoms with Crippen LogP contribution in [0.15, 0.2) is 36.0 Å². The van der Waals surface area contributed by atoms with Crippen molar-refractivity contribution in [3.63, 3.8) is 0 Å². The molecule has 2 saturated carbocycles. The van der Waals surface area contributed by atoms with Crippen LogP contribution in [0.4, 0.5) is 4.39 Å². The molecule has 1 aromatic carbocycles. The summed E-state index contributed by atoms with van der Waals surface area (Å²) in [6.07, 6.45) is 2.79. The van der Waals surface area contributed by atoms with E-state index in [1.54, 1.807) is 37.5 Å². The maximum absolute atomic E-state index is 15.0. The number of carbonyl (C=O) groups is 2. The largest absolute Gasteiger partial charge is 0.482 e. The Balaban J connectivity index is 1.55. The molecule has 2 aliphatic carbocycles. The van der Waals surface area contributed by atoms with Gasteiger partial charge in [0.25, 0.3) is 0 Å². The first-order valence-corrected chi connectivity index (χ1v) is 14.2. The Morgan fingerprint density at radius 2 is 2.10 bits per heavy atom. The number of alkyl halides is 1. The van der Waals surface area contributed by atoms with Gasteiger partial charge in [-0.15, -0.1) is 6.58 Å². The van der Waals surface area contributed by atoms with Crippen LogP contribution in [0, 0.1) is 28.6 Å². The summed E-state index contributed by atoms with van der Waals surface area (Å²) in [5.74, 6) is -1.10. The fourth-order valence-electron chi connectivity index (χ4n) is 7.08. The van der Waals surface area contributed by atoms with Gasteiger partial charge in [-0.25, -0.2) is 9.18 Å². The molecule has 0 unspecified atom stereocenters. The van der Waals surface area contributed by atoms with E-state index in [4.69, 9.17) is 9.47 Å². The number of esters is 1. The molecule has 0 aromatic heterocycles. The molecule has 0 saturated heterocycles. The van der Waals surface area contributed by atoms with Gasteiger partial charge in [0.15, 0.2) is 18.6 Å². The summed E-state index contributed by atoms with van der Waals surface area (Å²) < 4.78 is 26.8. The summed E-state index contributed by atoms with van der Waals surface area (Å²) in [6.45, 7) is 11.0. The van der Waals surface area contributed by atoms with Gasteiger partial charge < -0.3 is 24.5 Å². The fourth-order valence-corrected chi connectivity index (χ4v) is 7.08. The number of benzene rings is 1. The molecular weight excluding hydrogens is 514 g/mol. The molecule has 218 valence electrons. The van der Waals surface area contributed by atoms with Crippen molar-refractivity contribution in [2.75, 3.05) is 13.7 Å². The fraction of sp³-hybridized carbons (Fsp3) is 0.633. The number of Topliss-reactive ketones (excluding diaryl/α,β-unsaturated/α-hetero) is 1. The second kappa shape index (κ2) is 11.6. The molecule has 2 fully saturated rings. The normalized spacial score (nSPS) is 34.2. The minimum Gasteiger partial charge on any atom is -0.482 e. The summed E-state index contributed by atoms with van der Waals surface area (Å²) in [5, 5.41) is 25.9. The molecular formula is C30H42BFN2O6. The number of hydrogen-bond acceptors (Lipinski definition) is 8. The number of hydrogen-bond donors (Lipinski definition) is 2. The average molecular weight is 556 g/mol. The lowest BCUT2D eigenvalue weighted by molar-refractivity contribution is -0.183. The van der Waals surface area contributed by atoms with Crippen molar-refractivity contribution in [2.24, 2.45) is 33.7 Å². The number of halogens is 1. The first-order valence-electron chi connectivity index (χ1n) is 14.2. The number of hydrazone groups is 1. The van der Waals surface area contributed by atoms with Gasteiger partial charge in [-0.2, -0.15) is 5.10 Å². The van der Waals surface area contributed by atoms with Gasteiger partial charge in [-0.3, -0.25) is 4.79 Å². The number of carbonyl (C=O) groups excluding carboxylic acids is 2. The van der Waals surface area contributed by atoms with Crippen molar-refractivity contribution in [1.82, 2.24) is 4.92 Å². The van der Waals surface area contributed by atoms with Crippen molar-refractivity contribution in [2.45, 2.75) is 78.2 Å². The molecule has 8 nitrogen and oxygen atoms in total. The molecule has 4 rings (SSSR count). The quantitative estimate of drug-likeness (QED) is 0.288. The standard InChI is InChI=1S/C30H42BFN2O6/c1-7-21-12-26(40-27(36)16-39-23-9-8-22-15-33-34(6)31(38)24(22)13-23)29(5)17-30(11-10-18(29)2,19(3)28(21)37)14-25(32)20(4)35/h7-9,13,15,18-19,21,25-26,28,37-38H,1,10-12,14,16-17H2,2-6H3/t18-,19+,21-,25+,26-,28+,29+,30-/m1/s1. The van der Waals surface area contributed by atoms with E-state index in [0.29, 0.717) is 30.5 Å². The van der Waals surface area contributed by atoms with Gasteiger partial charge >= 0.3 is 13.0 Å². The highest BCUT2D eigenvalue weighted by Crippen LogP contribution is 2.60. The lowest BCUT2D eigenvalue weighted by Gasteiger charge is -2.58. The van der Waals surface area contributed by atoms with Crippen molar-refractivity contribution in [3.05, 3.63) is 36.4 Å².